The predicted octanol–water partition coefficient (Wildman–Crippen LogP) is 1.80. The molecule has 11 heavy (non-hydrogen) atoms. The van der Waals surface area contributed by atoms with E-state index in [1.807, 2.05) is 0 Å². The van der Waals surface area contributed by atoms with Crippen molar-refractivity contribution >= 4 is 0 Å². The van der Waals surface area contributed by atoms with Crippen LogP contribution in [0.15, 0.2) is 0 Å². The maximum atomic E-state index is 5.34. The smallest absolute Gasteiger partial charge is 0.0721 e. The molecule has 2 atom stereocenters. The second-order valence-electron chi connectivity index (χ2n) is 2.91. The number of nitrogens with one attached hydrogen (secondary N) is 1. The second kappa shape index (κ2) is 6.62. The standard InChI is InChI=1S/C9H21NO/c1-5-7-9(11-4)8(3)10-6-2/h8-10H,5-7H2,1-4H3. The van der Waals surface area contributed by atoms with Crippen molar-refractivity contribution in [2.45, 2.75) is 45.8 Å². The highest BCUT2D eigenvalue weighted by Crippen LogP contribution is 2.05. The van der Waals surface area contributed by atoms with E-state index in [-0.39, 0.29) is 0 Å². The van der Waals surface area contributed by atoms with Gasteiger partial charge < -0.3 is 10.1 Å². The van der Waals surface area contributed by atoms with Crippen LogP contribution < -0.4 is 5.32 Å². The van der Waals surface area contributed by atoms with Crippen LogP contribution >= 0.6 is 0 Å². The molecule has 0 spiro atoms. The third-order valence-corrected chi connectivity index (χ3v) is 1.96. The van der Waals surface area contributed by atoms with Gasteiger partial charge >= 0.3 is 0 Å². The van der Waals surface area contributed by atoms with Crippen LogP contribution in [0.4, 0.5) is 0 Å². The zero-order valence-electron chi connectivity index (χ0n) is 8.18. The second-order valence-corrected chi connectivity index (χ2v) is 2.91. The van der Waals surface area contributed by atoms with Crippen molar-refractivity contribution < 1.29 is 4.74 Å². The molecule has 0 saturated carbocycles. The Bertz CT molecular complexity index is 85.6. The Labute approximate surface area is 70.3 Å². The van der Waals surface area contributed by atoms with Crippen LogP contribution in [0.25, 0.3) is 0 Å². The lowest BCUT2D eigenvalue weighted by molar-refractivity contribution is 0.0669. The van der Waals surface area contributed by atoms with Crippen LogP contribution in [0.5, 0.6) is 0 Å². The Morgan fingerprint density at radius 3 is 2.36 bits per heavy atom. The van der Waals surface area contributed by atoms with Crippen molar-refractivity contribution in [1.29, 1.82) is 0 Å². The Hall–Kier alpha value is -0.0800. The van der Waals surface area contributed by atoms with E-state index in [0.29, 0.717) is 12.1 Å². The van der Waals surface area contributed by atoms with E-state index >= 15 is 0 Å². The first kappa shape index (κ1) is 10.9. The van der Waals surface area contributed by atoms with Crippen LogP contribution in [-0.2, 0) is 4.74 Å². The molecular formula is C9H21NO. The van der Waals surface area contributed by atoms with Crippen LogP contribution in [-0.4, -0.2) is 25.8 Å². The Balaban J connectivity index is 3.61. The van der Waals surface area contributed by atoms with Gasteiger partial charge in [0.1, 0.15) is 0 Å². The van der Waals surface area contributed by atoms with Crippen molar-refractivity contribution in [2.75, 3.05) is 13.7 Å². The van der Waals surface area contributed by atoms with Crippen LogP contribution in [0.2, 0.25) is 0 Å². The fraction of sp³-hybridized carbons (Fsp3) is 1.00. The largest absolute Gasteiger partial charge is 0.380 e. The molecule has 2 nitrogen and oxygen atoms in total. The van der Waals surface area contributed by atoms with Gasteiger partial charge in [-0.3, -0.25) is 0 Å². The fourth-order valence-electron chi connectivity index (χ4n) is 1.31. The van der Waals surface area contributed by atoms with Gasteiger partial charge in [-0.1, -0.05) is 20.3 Å². The highest BCUT2D eigenvalue weighted by atomic mass is 16.5. The number of methoxy groups -OCH3 is 1. The molecule has 1 N–H and O–H groups in total. The summed E-state index contributed by atoms with van der Waals surface area (Å²) in [5.41, 5.74) is 0. The van der Waals surface area contributed by atoms with E-state index < -0.39 is 0 Å². The van der Waals surface area contributed by atoms with Crippen LogP contribution in [0.3, 0.4) is 0 Å². The molecule has 68 valence electrons. The maximum absolute atomic E-state index is 5.34. The summed E-state index contributed by atoms with van der Waals surface area (Å²) < 4.78 is 5.34. The van der Waals surface area contributed by atoms with Crippen molar-refractivity contribution in [3.8, 4) is 0 Å². The molecule has 0 aromatic rings. The summed E-state index contributed by atoms with van der Waals surface area (Å²) >= 11 is 0. The SMILES string of the molecule is CCCC(OC)C(C)NCC. The average Bonchev–Trinajstić information content (AvgIpc) is 2.00. The number of ether oxygens (including phenoxy) is 1. The molecule has 2 unspecified atom stereocenters. The van der Waals surface area contributed by atoms with E-state index in [1.54, 1.807) is 7.11 Å². The first-order valence-electron chi connectivity index (χ1n) is 4.52. The fourth-order valence-corrected chi connectivity index (χ4v) is 1.31. The predicted molar refractivity (Wildman–Crippen MR) is 48.8 cm³/mol. The van der Waals surface area contributed by atoms with E-state index in [0.717, 1.165) is 13.0 Å². The molecule has 0 bridgehead atoms. The number of rotatable bonds is 6. The number of likely N-dealkylation sites (N-methyl/N-ethyl adjacent to an activating group) is 1. The monoisotopic (exact) mass is 159 g/mol. The highest BCUT2D eigenvalue weighted by Gasteiger charge is 2.13. The van der Waals surface area contributed by atoms with Gasteiger partial charge in [0.15, 0.2) is 0 Å². The summed E-state index contributed by atoms with van der Waals surface area (Å²) in [6, 6.07) is 0.477. The van der Waals surface area contributed by atoms with Gasteiger partial charge in [0, 0.05) is 13.2 Å². The average molecular weight is 159 g/mol. The van der Waals surface area contributed by atoms with Crippen molar-refractivity contribution in [3.05, 3.63) is 0 Å². The molecule has 0 amide bonds. The first-order valence-corrected chi connectivity index (χ1v) is 4.52. The summed E-state index contributed by atoms with van der Waals surface area (Å²) in [6.45, 7) is 7.50. The molecule has 0 aromatic heterocycles. The molecular weight excluding hydrogens is 138 g/mol. The van der Waals surface area contributed by atoms with Crippen molar-refractivity contribution in [1.82, 2.24) is 5.32 Å². The third kappa shape index (κ3) is 4.38. The van der Waals surface area contributed by atoms with Gasteiger partial charge in [-0.2, -0.15) is 0 Å². The quantitative estimate of drug-likeness (QED) is 0.638. The van der Waals surface area contributed by atoms with Crippen LogP contribution in [0, 0.1) is 0 Å². The molecule has 0 heterocycles. The summed E-state index contributed by atoms with van der Waals surface area (Å²) in [5.74, 6) is 0. The van der Waals surface area contributed by atoms with Gasteiger partial charge in [0.2, 0.25) is 0 Å². The topological polar surface area (TPSA) is 21.3 Å². The minimum Gasteiger partial charge on any atom is -0.380 e. The molecule has 2 heteroatoms. The molecule has 0 fully saturated rings. The summed E-state index contributed by atoms with van der Waals surface area (Å²) in [4.78, 5) is 0. The lowest BCUT2D eigenvalue weighted by Gasteiger charge is -2.22. The maximum Gasteiger partial charge on any atom is 0.0721 e. The van der Waals surface area contributed by atoms with Gasteiger partial charge in [-0.05, 0) is 19.9 Å². The van der Waals surface area contributed by atoms with Gasteiger partial charge in [0.05, 0.1) is 6.10 Å². The van der Waals surface area contributed by atoms with E-state index in [9.17, 15) is 0 Å². The minimum atomic E-state index is 0.375. The first-order chi connectivity index (χ1) is 5.26. The zero-order chi connectivity index (χ0) is 8.69. The summed E-state index contributed by atoms with van der Waals surface area (Å²) in [6.07, 6.45) is 2.71. The Morgan fingerprint density at radius 1 is 1.36 bits per heavy atom. The molecule has 0 rings (SSSR count). The van der Waals surface area contributed by atoms with Gasteiger partial charge in [-0.15, -0.1) is 0 Å². The lowest BCUT2D eigenvalue weighted by atomic mass is 10.1. The number of hydrogen-bond donors (Lipinski definition) is 1. The summed E-state index contributed by atoms with van der Waals surface area (Å²) in [7, 11) is 1.79. The zero-order valence-corrected chi connectivity index (χ0v) is 8.18. The molecule has 0 aliphatic heterocycles. The molecule has 0 radical (unpaired) electrons. The van der Waals surface area contributed by atoms with E-state index in [4.69, 9.17) is 4.74 Å². The highest BCUT2D eigenvalue weighted by molar-refractivity contribution is 4.70. The van der Waals surface area contributed by atoms with Crippen molar-refractivity contribution in [2.24, 2.45) is 0 Å². The Morgan fingerprint density at radius 2 is 2.00 bits per heavy atom. The van der Waals surface area contributed by atoms with Gasteiger partial charge in [-0.25, -0.2) is 0 Å². The van der Waals surface area contributed by atoms with E-state index in [1.165, 1.54) is 6.42 Å². The Kier molecular flexibility index (Phi) is 6.57. The van der Waals surface area contributed by atoms with E-state index in [2.05, 4.69) is 26.1 Å². The number of hydrogen-bond acceptors (Lipinski definition) is 2. The lowest BCUT2D eigenvalue weighted by Crippen LogP contribution is -2.38. The molecule has 0 saturated heterocycles. The summed E-state index contributed by atoms with van der Waals surface area (Å²) in [5, 5.41) is 3.36. The minimum absolute atomic E-state index is 0.375. The van der Waals surface area contributed by atoms with Gasteiger partial charge in [0.25, 0.3) is 0 Å². The molecule has 0 aromatic carbocycles. The third-order valence-electron chi connectivity index (χ3n) is 1.96. The molecule has 0 aliphatic carbocycles. The molecule has 0 aliphatic rings. The normalized spacial score (nSPS) is 16.4. The van der Waals surface area contributed by atoms with Crippen LogP contribution in [0.1, 0.15) is 33.6 Å². The van der Waals surface area contributed by atoms with Crippen molar-refractivity contribution in [3.63, 3.8) is 0 Å².